The van der Waals surface area contributed by atoms with E-state index in [4.69, 9.17) is 0 Å². The molecule has 0 fully saturated rings. The summed E-state index contributed by atoms with van der Waals surface area (Å²) < 4.78 is 3.55. The molecule has 8 nitrogen and oxygen atoms in total. The Bertz CT molecular complexity index is 1140. The molecule has 0 spiro atoms. The van der Waals surface area contributed by atoms with Crippen LogP contribution in [0.4, 0.5) is 5.82 Å². The molecule has 0 saturated heterocycles. The highest BCUT2D eigenvalue weighted by molar-refractivity contribution is 8.00. The summed E-state index contributed by atoms with van der Waals surface area (Å²) in [5, 5.41) is 12.8. The van der Waals surface area contributed by atoms with Gasteiger partial charge in [-0.3, -0.25) is 4.79 Å². The molecule has 0 saturated carbocycles. The summed E-state index contributed by atoms with van der Waals surface area (Å²) in [7, 11) is 0. The van der Waals surface area contributed by atoms with Crippen LogP contribution >= 0.6 is 11.8 Å². The molecule has 0 aliphatic heterocycles. The molecule has 0 radical (unpaired) electrons. The first-order chi connectivity index (χ1) is 14.0. The summed E-state index contributed by atoms with van der Waals surface area (Å²) in [5.74, 6) is 0.571. The molecule has 0 bridgehead atoms. The van der Waals surface area contributed by atoms with Crippen LogP contribution in [-0.4, -0.2) is 40.7 Å². The van der Waals surface area contributed by atoms with Gasteiger partial charge in [-0.1, -0.05) is 30.0 Å². The van der Waals surface area contributed by atoms with Crippen molar-refractivity contribution in [1.82, 2.24) is 29.5 Å². The molecule has 0 aliphatic rings. The maximum Gasteiger partial charge on any atom is 0.238 e. The third-order valence-electron chi connectivity index (χ3n) is 4.40. The highest BCUT2D eigenvalue weighted by Crippen LogP contribution is 2.29. The van der Waals surface area contributed by atoms with Crippen LogP contribution in [0.3, 0.4) is 0 Å². The fraction of sp³-hybridized carbons (Fsp3) is 0.250. The lowest BCUT2D eigenvalue weighted by atomic mass is 10.3. The Morgan fingerprint density at radius 1 is 1.07 bits per heavy atom. The lowest BCUT2D eigenvalue weighted by Gasteiger charge is -2.14. The molecule has 148 valence electrons. The summed E-state index contributed by atoms with van der Waals surface area (Å²) in [4.78, 5) is 21.5. The van der Waals surface area contributed by atoms with Gasteiger partial charge in [0.15, 0.2) is 5.65 Å². The molecule has 4 aromatic rings. The van der Waals surface area contributed by atoms with Crippen LogP contribution in [0.25, 0.3) is 16.7 Å². The average Bonchev–Trinajstić information content (AvgIpc) is 3.36. The number of rotatable bonds is 6. The van der Waals surface area contributed by atoms with Crippen molar-refractivity contribution < 1.29 is 4.79 Å². The number of thioether (sulfide) groups is 1. The lowest BCUT2D eigenvalue weighted by Crippen LogP contribution is -2.24. The normalized spacial score (nSPS) is 12.4. The Hall–Kier alpha value is -3.20. The topological polar surface area (TPSA) is 90.5 Å². The number of nitrogens with one attached hydrogen (secondary N) is 1. The molecule has 4 rings (SSSR count). The Labute approximate surface area is 172 Å². The molecular formula is C20H21N7OS. The van der Waals surface area contributed by atoms with Gasteiger partial charge in [0.1, 0.15) is 17.2 Å². The van der Waals surface area contributed by atoms with E-state index in [-0.39, 0.29) is 17.2 Å². The second-order valence-electron chi connectivity index (χ2n) is 6.81. The van der Waals surface area contributed by atoms with E-state index in [2.05, 4.69) is 25.5 Å². The van der Waals surface area contributed by atoms with Gasteiger partial charge in [0.05, 0.1) is 28.7 Å². The minimum absolute atomic E-state index is 0.111. The van der Waals surface area contributed by atoms with Crippen LogP contribution in [0.1, 0.15) is 26.8 Å². The molecular weight excluding hydrogens is 386 g/mol. The summed E-state index contributed by atoms with van der Waals surface area (Å²) in [6.45, 7) is 5.89. The fourth-order valence-corrected chi connectivity index (χ4v) is 3.83. The summed E-state index contributed by atoms with van der Waals surface area (Å²) >= 11 is 1.38. The zero-order chi connectivity index (χ0) is 20.4. The van der Waals surface area contributed by atoms with E-state index in [0.717, 1.165) is 16.1 Å². The molecule has 1 amide bonds. The predicted molar refractivity (Wildman–Crippen MR) is 113 cm³/mol. The molecule has 1 atom stereocenters. The molecule has 1 aromatic carbocycles. The van der Waals surface area contributed by atoms with Crippen LogP contribution in [0, 0.1) is 0 Å². The standard InChI is InChI=1S/C20H21N7OS/c1-13(2)26-17(9-10-23-26)25-19(28)14(3)29-20-16-11-24-27(18(16)21-12-22-20)15-7-5-4-6-8-15/h4-14H,1-3H3,(H,25,28). The smallest absolute Gasteiger partial charge is 0.238 e. The van der Waals surface area contributed by atoms with E-state index in [1.54, 1.807) is 27.8 Å². The van der Waals surface area contributed by atoms with E-state index >= 15 is 0 Å². The molecule has 3 heterocycles. The van der Waals surface area contributed by atoms with E-state index < -0.39 is 0 Å². The van der Waals surface area contributed by atoms with Crippen LogP contribution in [0.5, 0.6) is 0 Å². The summed E-state index contributed by atoms with van der Waals surface area (Å²) in [6.07, 6.45) is 4.92. The zero-order valence-corrected chi connectivity index (χ0v) is 17.2. The first-order valence-electron chi connectivity index (χ1n) is 9.30. The highest BCUT2D eigenvalue weighted by Gasteiger charge is 2.20. The van der Waals surface area contributed by atoms with Crippen molar-refractivity contribution in [3.8, 4) is 5.69 Å². The van der Waals surface area contributed by atoms with E-state index in [0.29, 0.717) is 11.5 Å². The maximum absolute atomic E-state index is 12.7. The SMILES string of the molecule is CC(Sc1ncnc2c1cnn2-c1ccccc1)C(=O)Nc1ccnn1C(C)C. The van der Waals surface area contributed by atoms with Crippen molar-refractivity contribution in [3.63, 3.8) is 0 Å². The van der Waals surface area contributed by atoms with Crippen molar-refractivity contribution in [1.29, 1.82) is 0 Å². The van der Waals surface area contributed by atoms with Crippen LogP contribution in [-0.2, 0) is 4.79 Å². The van der Waals surface area contributed by atoms with Gasteiger partial charge in [0, 0.05) is 12.1 Å². The van der Waals surface area contributed by atoms with Crippen LogP contribution < -0.4 is 5.32 Å². The monoisotopic (exact) mass is 407 g/mol. The van der Waals surface area contributed by atoms with Crippen molar-refractivity contribution in [2.75, 3.05) is 5.32 Å². The Morgan fingerprint density at radius 2 is 1.86 bits per heavy atom. The van der Waals surface area contributed by atoms with E-state index in [1.807, 2.05) is 51.1 Å². The number of para-hydroxylation sites is 1. The first-order valence-corrected chi connectivity index (χ1v) is 10.2. The van der Waals surface area contributed by atoms with Gasteiger partial charge in [-0.2, -0.15) is 10.2 Å². The number of carbonyl (C=O) groups excluding carboxylic acids is 1. The summed E-state index contributed by atoms with van der Waals surface area (Å²) in [5.41, 5.74) is 1.63. The number of nitrogens with zero attached hydrogens (tertiary/aromatic N) is 6. The summed E-state index contributed by atoms with van der Waals surface area (Å²) in [6, 6.07) is 11.7. The second kappa shape index (κ2) is 8.04. The van der Waals surface area contributed by atoms with Gasteiger partial charge in [-0.15, -0.1) is 0 Å². The Balaban J connectivity index is 1.55. The number of anilines is 1. The second-order valence-corrected chi connectivity index (χ2v) is 8.14. The van der Waals surface area contributed by atoms with Crippen molar-refractivity contribution >= 4 is 34.5 Å². The molecule has 29 heavy (non-hydrogen) atoms. The van der Waals surface area contributed by atoms with Crippen molar-refractivity contribution in [2.45, 2.75) is 37.1 Å². The van der Waals surface area contributed by atoms with Gasteiger partial charge in [0.25, 0.3) is 0 Å². The number of amides is 1. The molecule has 1 unspecified atom stereocenters. The largest absolute Gasteiger partial charge is 0.310 e. The number of benzene rings is 1. The van der Waals surface area contributed by atoms with Gasteiger partial charge >= 0.3 is 0 Å². The molecule has 9 heteroatoms. The lowest BCUT2D eigenvalue weighted by molar-refractivity contribution is -0.115. The first kappa shape index (κ1) is 19.1. The van der Waals surface area contributed by atoms with Crippen LogP contribution in [0.15, 0.2) is 60.1 Å². The van der Waals surface area contributed by atoms with Gasteiger partial charge in [0.2, 0.25) is 5.91 Å². The van der Waals surface area contributed by atoms with Gasteiger partial charge in [-0.25, -0.2) is 19.3 Å². The van der Waals surface area contributed by atoms with E-state index in [9.17, 15) is 4.79 Å². The number of carbonyl (C=O) groups is 1. The third kappa shape index (κ3) is 3.86. The number of aromatic nitrogens is 6. The van der Waals surface area contributed by atoms with Crippen LogP contribution in [0.2, 0.25) is 0 Å². The average molecular weight is 408 g/mol. The van der Waals surface area contributed by atoms with Crippen molar-refractivity contribution in [3.05, 3.63) is 55.1 Å². The predicted octanol–water partition coefficient (Wildman–Crippen LogP) is 3.71. The molecule has 3 aromatic heterocycles. The maximum atomic E-state index is 12.7. The zero-order valence-electron chi connectivity index (χ0n) is 16.4. The third-order valence-corrected chi connectivity index (χ3v) is 5.51. The quantitative estimate of drug-likeness (QED) is 0.387. The highest BCUT2D eigenvalue weighted by atomic mass is 32.2. The van der Waals surface area contributed by atoms with Gasteiger partial charge in [-0.05, 0) is 32.9 Å². The van der Waals surface area contributed by atoms with Crippen molar-refractivity contribution in [2.24, 2.45) is 0 Å². The number of hydrogen-bond donors (Lipinski definition) is 1. The Morgan fingerprint density at radius 3 is 2.62 bits per heavy atom. The molecule has 0 aliphatic carbocycles. The minimum atomic E-state index is -0.358. The number of hydrogen-bond acceptors (Lipinski definition) is 6. The van der Waals surface area contributed by atoms with E-state index in [1.165, 1.54) is 18.1 Å². The number of fused-ring (bicyclic) bond motifs is 1. The minimum Gasteiger partial charge on any atom is -0.310 e. The Kier molecular flexibility index (Phi) is 5.30. The molecule has 1 N–H and O–H groups in total. The van der Waals surface area contributed by atoms with Gasteiger partial charge < -0.3 is 5.32 Å². The fourth-order valence-electron chi connectivity index (χ4n) is 2.95.